The van der Waals surface area contributed by atoms with Crippen molar-refractivity contribution in [3.63, 3.8) is 0 Å². The molecule has 0 spiro atoms. The molecule has 4 rings (SSSR count). The Morgan fingerprint density at radius 1 is 0.857 bits per heavy atom. The second kappa shape index (κ2) is 11.4. The number of hydrazone groups is 1. The van der Waals surface area contributed by atoms with Crippen LogP contribution in [0.25, 0.3) is 0 Å². The molecule has 0 saturated carbocycles. The molecule has 4 aromatic carbocycles. The van der Waals surface area contributed by atoms with Gasteiger partial charge in [-0.3, -0.25) is 4.79 Å². The highest BCUT2D eigenvalue weighted by atomic mass is 16.5. The highest BCUT2D eigenvalue weighted by Crippen LogP contribution is 2.19. The van der Waals surface area contributed by atoms with Gasteiger partial charge in [-0.15, -0.1) is 0 Å². The summed E-state index contributed by atoms with van der Waals surface area (Å²) in [6.45, 7) is 2.27. The summed E-state index contributed by atoms with van der Waals surface area (Å²) >= 11 is 0. The third-order valence-corrected chi connectivity index (χ3v) is 5.09. The second-order valence-electron chi connectivity index (χ2n) is 7.80. The van der Waals surface area contributed by atoms with E-state index in [2.05, 4.69) is 10.5 Å². The summed E-state index contributed by atoms with van der Waals surface area (Å²) < 4.78 is 11.3. The molecule has 0 saturated heterocycles. The fraction of sp³-hybridized carbons (Fsp3) is 0.0690. The summed E-state index contributed by atoms with van der Waals surface area (Å²) in [5, 5.41) is 4.04. The summed E-state index contributed by atoms with van der Waals surface area (Å²) in [5.41, 5.74) is 6.13. The van der Waals surface area contributed by atoms with E-state index < -0.39 is 5.97 Å². The van der Waals surface area contributed by atoms with Gasteiger partial charge in [-0.1, -0.05) is 60.2 Å². The normalized spacial score (nSPS) is 10.7. The molecule has 0 heterocycles. The van der Waals surface area contributed by atoms with Gasteiger partial charge in [0.25, 0.3) is 5.91 Å². The van der Waals surface area contributed by atoms with Gasteiger partial charge in [0, 0.05) is 0 Å². The lowest BCUT2D eigenvalue weighted by Crippen LogP contribution is -2.18. The smallest absolute Gasteiger partial charge is 0.343 e. The lowest BCUT2D eigenvalue weighted by Gasteiger charge is -2.10. The maximum atomic E-state index is 12.6. The van der Waals surface area contributed by atoms with E-state index in [0.29, 0.717) is 29.2 Å². The minimum atomic E-state index is -0.421. The summed E-state index contributed by atoms with van der Waals surface area (Å²) in [6, 6.07) is 30.8. The Kier molecular flexibility index (Phi) is 7.66. The van der Waals surface area contributed by atoms with Crippen LogP contribution in [0.4, 0.5) is 0 Å². The zero-order valence-electron chi connectivity index (χ0n) is 19.2. The fourth-order valence-electron chi connectivity index (χ4n) is 3.30. The first kappa shape index (κ1) is 23.4. The molecule has 6 heteroatoms. The van der Waals surface area contributed by atoms with Gasteiger partial charge in [0.05, 0.1) is 17.3 Å². The van der Waals surface area contributed by atoms with Crippen LogP contribution >= 0.6 is 0 Å². The Morgan fingerprint density at radius 2 is 1.60 bits per heavy atom. The lowest BCUT2D eigenvalue weighted by molar-refractivity contribution is 0.0734. The predicted molar refractivity (Wildman–Crippen MR) is 135 cm³/mol. The quantitative estimate of drug-likeness (QED) is 0.160. The molecule has 4 aromatic rings. The SMILES string of the molecule is Cc1cccc(C(=O)Oc2ccc(/C=N/NC(=O)c3ccccc3OCc3ccccc3)cc2)c1. The molecule has 1 N–H and O–H groups in total. The van der Waals surface area contributed by atoms with E-state index in [-0.39, 0.29) is 5.91 Å². The molecule has 0 unspecified atom stereocenters. The standard InChI is InChI=1S/C29H24N2O4/c1-21-8-7-11-24(18-21)29(33)35-25-16-14-22(15-17-25)19-30-31-28(32)26-12-5-6-13-27(26)34-20-23-9-3-2-4-10-23/h2-19H,20H2,1H3,(H,31,32)/b30-19+. The molecule has 0 radical (unpaired) electrons. The monoisotopic (exact) mass is 464 g/mol. The van der Waals surface area contributed by atoms with E-state index in [1.807, 2.05) is 55.5 Å². The van der Waals surface area contributed by atoms with Gasteiger partial charge in [-0.05, 0) is 66.6 Å². The Bertz CT molecular complexity index is 1330. The number of ether oxygens (including phenoxy) is 2. The van der Waals surface area contributed by atoms with Gasteiger partial charge < -0.3 is 9.47 Å². The van der Waals surface area contributed by atoms with Gasteiger partial charge in [0.1, 0.15) is 18.1 Å². The molecule has 0 aliphatic heterocycles. The Morgan fingerprint density at radius 3 is 2.37 bits per heavy atom. The van der Waals surface area contributed by atoms with Crippen molar-refractivity contribution in [3.8, 4) is 11.5 Å². The molecule has 35 heavy (non-hydrogen) atoms. The minimum absolute atomic E-state index is 0.356. The zero-order chi connectivity index (χ0) is 24.5. The van der Waals surface area contributed by atoms with Crippen molar-refractivity contribution in [2.24, 2.45) is 5.10 Å². The van der Waals surface area contributed by atoms with E-state index in [4.69, 9.17) is 9.47 Å². The van der Waals surface area contributed by atoms with Crippen molar-refractivity contribution in [2.75, 3.05) is 0 Å². The molecule has 0 aliphatic carbocycles. The van der Waals surface area contributed by atoms with Crippen LogP contribution in [0.2, 0.25) is 0 Å². The molecule has 0 aliphatic rings. The van der Waals surface area contributed by atoms with Crippen molar-refractivity contribution in [2.45, 2.75) is 13.5 Å². The van der Waals surface area contributed by atoms with Crippen molar-refractivity contribution in [1.29, 1.82) is 0 Å². The molecular weight excluding hydrogens is 440 g/mol. The summed E-state index contributed by atoms with van der Waals surface area (Å²) in [6.07, 6.45) is 1.51. The summed E-state index contributed by atoms with van der Waals surface area (Å²) in [7, 11) is 0. The Hall–Kier alpha value is -4.71. The number of amides is 1. The van der Waals surface area contributed by atoms with E-state index in [9.17, 15) is 9.59 Å². The molecule has 0 fully saturated rings. The zero-order valence-corrected chi connectivity index (χ0v) is 19.2. The van der Waals surface area contributed by atoms with Crippen LogP contribution < -0.4 is 14.9 Å². The molecular formula is C29H24N2O4. The maximum absolute atomic E-state index is 12.6. The summed E-state index contributed by atoms with van der Waals surface area (Å²) in [5.74, 6) is 0.0927. The highest BCUT2D eigenvalue weighted by Gasteiger charge is 2.12. The van der Waals surface area contributed by atoms with E-state index in [1.54, 1.807) is 54.6 Å². The number of para-hydroxylation sites is 1. The number of carbonyl (C=O) groups is 2. The van der Waals surface area contributed by atoms with Crippen LogP contribution in [0, 0.1) is 6.92 Å². The van der Waals surface area contributed by atoms with Crippen molar-refractivity contribution in [3.05, 3.63) is 131 Å². The Labute approximate surface area is 203 Å². The van der Waals surface area contributed by atoms with Crippen LogP contribution in [-0.2, 0) is 6.61 Å². The average molecular weight is 465 g/mol. The molecule has 0 aromatic heterocycles. The predicted octanol–water partition coefficient (Wildman–Crippen LogP) is 5.56. The number of hydrogen-bond donors (Lipinski definition) is 1. The number of nitrogens with one attached hydrogen (secondary N) is 1. The van der Waals surface area contributed by atoms with E-state index in [0.717, 1.165) is 16.7 Å². The number of benzene rings is 4. The van der Waals surface area contributed by atoms with Gasteiger partial charge in [0.2, 0.25) is 0 Å². The van der Waals surface area contributed by atoms with Crippen molar-refractivity contribution >= 4 is 18.1 Å². The number of nitrogens with zero attached hydrogens (tertiary/aromatic N) is 1. The van der Waals surface area contributed by atoms with E-state index >= 15 is 0 Å². The van der Waals surface area contributed by atoms with Crippen LogP contribution in [0.1, 0.15) is 37.4 Å². The fourth-order valence-corrected chi connectivity index (χ4v) is 3.30. The van der Waals surface area contributed by atoms with Gasteiger partial charge in [-0.2, -0.15) is 5.10 Å². The number of carbonyl (C=O) groups excluding carboxylic acids is 2. The number of hydrogen-bond acceptors (Lipinski definition) is 5. The van der Waals surface area contributed by atoms with Crippen LogP contribution in [-0.4, -0.2) is 18.1 Å². The molecule has 0 atom stereocenters. The third-order valence-electron chi connectivity index (χ3n) is 5.09. The molecule has 6 nitrogen and oxygen atoms in total. The number of esters is 1. The molecule has 1 amide bonds. The van der Waals surface area contributed by atoms with Crippen molar-refractivity contribution in [1.82, 2.24) is 5.43 Å². The Balaban J connectivity index is 1.33. The number of aryl methyl sites for hydroxylation is 1. The van der Waals surface area contributed by atoms with E-state index in [1.165, 1.54) is 6.21 Å². The first-order valence-corrected chi connectivity index (χ1v) is 11.1. The minimum Gasteiger partial charge on any atom is -0.488 e. The summed E-state index contributed by atoms with van der Waals surface area (Å²) in [4.78, 5) is 24.9. The first-order valence-electron chi connectivity index (χ1n) is 11.1. The largest absolute Gasteiger partial charge is 0.488 e. The maximum Gasteiger partial charge on any atom is 0.343 e. The van der Waals surface area contributed by atoms with Gasteiger partial charge >= 0.3 is 5.97 Å². The lowest BCUT2D eigenvalue weighted by atomic mass is 10.1. The molecule has 0 bridgehead atoms. The first-order chi connectivity index (χ1) is 17.1. The van der Waals surface area contributed by atoms with Crippen LogP contribution in [0.15, 0.2) is 108 Å². The van der Waals surface area contributed by atoms with Crippen molar-refractivity contribution < 1.29 is 19.1 Å². The second-order valence-corrected chi connectivity index (χ2v) is 7.80. The third kappa shape index (κ3) is 6.65. The van der Waals surface area contributed by atoms with Crippen LogP contribution in [0.5, 0.6) is 11.5 Å². The molecule has 174 valence electrons. The van der Waals surface area contributed by atoms with Gasteiger partial charge in [-0.25, -0.2) is 10.2 Å². The topological polar surface area (TPSA) is 77.0 Å². The average Bonchev–Trinajstić information content (AvgIpc) is 2.89. The van der Waals surface area contributed by atoms with Crippen LogP contribution in [0.3, 0.4) is 0 Å². The highest BCUT2D eigenvalue weighted by molar-refractivity contribution is 5.97. The van der Waals surface area contributed by atoms with Gasteiger partial charge in [0.15, 0.2) is 0 Å². The number of rotatable bonds is 8.